The molecule has 1 aliphatic heterocycles. The molecule has 76 valence electrons. The van der Waals surface area contributed by atoms with E-state index >= 15 is 0 Å². The van der Waals surface area contributed by atoms with Gasteiger partial charge < -0.3 is 5.32 Å². The zero-order valence-corrected chi connectivity index (χ0v) is 8.67. The second-order valence-corrected chi connectivity index (χ2v) is 3.50. The maximum Gasteiger partial charge on any atom is 0.258 e. The van der Waals surface area contributed by atoms with Crippen molar-refractivity contribution in [3.8, 4) is 12.1 Å². The molecular weight excluding hydrogens is 226 g/mol. The number of amides is 1. The van der Waals surface area contributed by atoms with Crippen molar-refractivity contribution in [2.45, 2.75) is 0 Å². The highest BCUT2D eigenvalue weighted by Gasteiger charge is 2.29. The van der Waals surface area contributed by atoms with Crippen LogP contribution in [0.25, 0.3) is 5.57 Å². The van der Waals surface area contributed by atoms with Crippen LogP contribution in [0.15, 0.2) is 23.8 Å². The zero-order chi connectivity index (χ0) is 11.7. The van der Waals surface area contributed by atoms with Crippen LogP contribution in [0.4, 0.5) is 5.69 Å². The zero-order valence-electron chi connectivity index (χ0n) is 7.91. The smallest absolute Gasteiger partial charge is 0.258 e. The maximum atomic E-state index is 11.6. The van der Waals surface area contributed by atoms with Crippen LogP contribution in [0.2, 0.25) is 5.02 Å². The molecule has 0 aliphatic carbocycles. The van der Waals surface area contributed by atoms with Crippen molar-refractivity contribution in [3.05, 3.63) is 34.4 Å². The summed E-state index contributed by atoms with van der Waals surface area (Å²) in [6, 6.07) is 8.33. The van der Waals surface area contributed by atoms with E-state index in [0.717, 1.165) is 0 Å². The predicted molar refractivity (Wildman–Crippen MR) is 58.2 cm³/mol. The molecule has 0 bridgehead atoms. The van der Waals surface area contributed by atoms with Gasteiger partial charge >= 0.3 is 0 Å². The van der Waals surface area contributed by atoms with Crippen LogP contribution in [0.3, 0.4) is 0 Å². The van der Waals surface area contributed by atoms with E-state index in [-0.39, 0.29) is 11.1 Å². The fraction of sp³-hybridized carbons (Fsp3) is 0. The van der Waals surface area contributed by atoms with Crippen LogP contribution >= 0.6 is 11.6 Å². The lowest BCUT2D eigenvalue weighted by molar-refractivity contribution is -0.110. The van der Waals surface area contributed by atoms with Crippen molar-refractivity contribution in [1.82, 2.24) is 0 Å². The minimum atomic E-state index is -0.471. The SMILES string of the molecule is N#CC(C#N)=C1C(=O)Nc2c(Cl)cccc21. The number of halogens is 1. The Balaban J connectivity index is 2.77. The van der Waals surface area contributed by atoms with E-state index in [1.807, 2.05) is 0 Å². The fourth-order valence-electron chi connectivity index (χ4n) is 1.54. The van der Waals surface area contributed by atoms with Gasteiger partial charge in [0.1, 0.15) is 17.7 Å². The van der Waals surface area contributed by atoms with Crippen molar-refractivity contribution in [2.24, 2.45) is 0 Å². The van der Waals surface area contributed by atoms with Gasteiger partial charge in [-0.15, -0.1) is 0 Å². The van der Waals surface area contributed by atoms with E-state index in [9.17, 15) is 4.79 Å². The Morgan fingerprint density at radius 3 is 2.62 bits per heavy atom. The molecule has 0 spiro atoms. The summed E-state index contributed by atoms with van der Waals surface area (Å²) < 4.78 is 0. The Morgan fingerprint density at radius 2 is 2.00 bits per heavy atom. The fourth-order valence-corrected chi connectivity index (χ4v) is 1.76. The molecule has 1 aromatic carbocycles. The van der Waals surface area contributed by atoms with Gasteiger partial charge in [0.05, 0.1) is 16.3 Å². The number of rotatable bonds is 0. The summed E-state index contributed by atoms with van der Waals surface area (Å²) >= 11 is 5.89. The predicted octanol–water partition coefficient (Wildman–Crippen LogP) is 2.09. The van der Waals surface area contributed by atoms with Gasteiger partial charge in [-0.1, -0.05) is 23.7 Å². The van der Waals surface area contributed by atoms with E-state index < -0.39 is 5.91 Å². The Kier molecular flexibility index (Phi) is 2.36. The molecule has 0 aromatic heterocycles. The number of nitriles is 2. The van der Waals surface area contributed by atoms with Gasteiger partial charge in [0, 0.05) is 5.56 Å². The summed E-state index contributed by atoms with van der Waals surface area (Å²) in [4.78, 5) is 11.6. The number of benzene rings is 1. The minimum absolute atomic E-state index is 0.0856. The summed E-state index contributed by atoms with van der Waals surface area (Å²) in [5, 5.41) is 20.4. The number of allylic oxidation sites excluding steroid dienone is 1. The van der Waals surface area contributed by atoms with Gasteiger partial charge in [0.2, 0.25) is 0 Å². The Hall–Kier alpha value is -2.30. The van der Waals surface area contributed by atoms with Gasteiger partial charge in [0.15, 0.2) is 0 Å². The van der Waals surface area contributed by atoms with Crippen molar-refractivity contribution < 1.29 is 4.79 Å². The van der Waals surface area contributed by atoms with Crippen LogP contribution in [-0.2, 0) is 4.79 Å². The Bertz CT molecular complexity index is 589. The molecule has 0 radical (unpaired) electrons. The Morgan fingerprint density at radius 1 is 1.31 bits per heavy atom. The number of hydrogen-bond acceptors (Lipinski definition) is 3. The first-order chi connectivity index (χ1) is 7.69. The third kappa shape index (κ3) is 1.33. The first-order valence-corrected chi connectivity index (χ1v) is 4.71. The molecule has 0 saturated carbocycles. The molecule has 1 heterocycles. The second kappa shape index (κ2) is 3.69. The van der Waals surface area contributed by atoms with Gasteiger partial charge in [0.25, 0.3) is 5.91 Å². The molecule has 1 aromatic rings. The number of carbonyl (C=O) groups excluding carboxylic acids is 1. The molecule has 1 aliphatic rings. The average Bonchev–Trinajstić information content (AvgIpc) is 2.60. The number of para-hydroxylation sites is 1. The highest BCUT2D eigenvalue weighted by atomic mass is 35.5. The molecule has 2 rings (SSSR count). The highest BCUT2D eigenvalue weighted by molar-refractivity contribution is 6.40. The summed E-state index contributed by atoms with van der Waals surface area (Å²) in [6.45, 7) is 0. The highest BCUT2D eigenvalue weighted by Crippen LogP contribution is 2.38. The van der Waals surface area contributed by atoms with Crippen LogP contribution < -0.4 is 5.32 Å². The third-order valence-corrected chi connectivity index (χ3v) is 2.54. The van der Waals surface area contributed by atoms with Gasteiger partial charge in [-0.2, -0.15) is 10.5 Å². The van der Waals surface area contributed by atoms with E-state index in [4.69, 9.17) is 22.1 Å². The summed E-state index contributed by atoms with van der Waals surface area (Å²) in [7, 11) is 0. The average molecular weight is 230 g/mol. The molecule has 16 heavy (non-hydrogen) atoms. The van der Waals surface area contributed by atoms with E-state index in [2.05, 4.69) is 5.32 Å². The lowest BCUT2D eigenvalue weighted by atomic mass is 10.0. The van der Waals surface area contributed by atoms with Gasteiger partial charge in [-0.25, -0.2) is 0 Å². The number of nitrogens with zero attached hydrogens (tertiary/aromatic N) is 2. The second-order valence-electron chi connectivity index (χ2n) is 3.09. The van der Waals surface area contributed by atoms with Crippen molar-refractivity contribution >= 4 is 28.8 Å². The normalized spacial score (nSPS) is 12.4. The topological polar surface area (TPSA) is 76.7 Å². The van der Waals surface area contributed by atoms with Gasteiger partial charge in [-0.3, -0.25) is 4.79 Å². The lowest BCUT2D eigenvalue weighted by Crippen LogP contribution is -2.05. The molecule has 1 amide bonds. The molecule has 0 atom stereocenters. The number of fused-ring (bicyclic) bond motifs is 1. The van der Waals surface area contributed by atoms with Crippen LogP contribution in [0, 0.1) is 22.7 Å². The van der Waals surface area contributed by atoms with Crippen LogP contribution in [0.1, 0.15) is 5.56 Å². The van der Waals surface area contributed by atoms with E-state index in [0.29, 0.717) is 16.3 Å². The monoisotopic (exact) mass is 229 g/mol. The maximum absolute atomic E-state index is 11.6. The molecule has 0 saturated heterocycles. The molecular formula is C11H4ClN3O. The minimum Gasteiger partial charge on any atom is -0.320 e. The number of carbonyl (C=O) groups is 1. The first kappa shape index (κ1) is 10.2. The summed E-state index contributed by atoms with van der Waals surface area (Å²) in [5.41, 5.74) is 0.823. The van der Waals surface area contributed by atoms with Crippen molar-refractivity contribution in [1.29, 1.82) is 10.5 Å². The van der Waals surface area contributed by atoms with Crippen LogP contribution in [-0.4, -0.2) is 5.91 Å². The third-order valence-electron chi connectivity index (χ3n) is 2.22. The Labute approximate surface area is 96.4 Å². The number of nitrogens with one attached hydrogen (secondary N) is 1. The molecule has 5 heteroatoms. The lowest BCUT2D eigenvalue weighted by Gasteiger charge is -1.99. The largest absolute Gasteiger partial charge is 0.320 e. The molecule has 4 nitrogen and oxygen atoms in total. The van der Waals surface area contributed by atoms with Crippen LogP contribution in [0.5, 0.6) is 0 Å². The molecule has 1 N–H and O–H groups in total. The van der Waals surface area contributed by atoms with Crippen molar-refractivity contribution in [2.75, 3.05) is 5.32 Å². The van der Waals surface area contributed by atoms with E-state index in [1.54, 1.807) is 30.3 Å². The molecule has 0 unspecified atom stereocenters. The van der Waals surface area contributed by atoms with Crippen molar-refractivity contribution in [3.63, 3.8) is 0 Å². The number of anilines is 1. The number of hydrogen-bond donors (Lipinski definition) is 1. The quantitative estimate of drug-likeness (QED) is 0.547. The van der Waals surface area contributed by atoms with Gasteiger partial charge in [-0.05, 0) is 6.07 Å². The summed E-state index contributed by atoms with van der Waals surface area (Å²) in [6.07, 6.45) is 0. The van der Waals surface area contributed by atoms with E-state index in [1.165, 1.54) is 0 Å². The first-order valence-electron chi connectivity index (χ1n) is 4.33. The summed E-state index contributed by atoms with van der Waals surface area (Å²) in [5.74, 6) is -0.471. The standard InChI is InChI=1S/C11H4ClN3O/c12-8-3-1-2-7-9(6(4-13)5-14)11(16)15-10(7)8/h1-3H,(H,15,16). The molecule has 0 fully saturated rings.